The maximum Gasteiger partial charge on any atom is 0.240 e. The average molecular weight is 300 g/mol. The molecule has 0 spiro atoms. The Kier molecular flexibility index (Phi) is 5.36. The fourth-order valence-electron chi connectivity index (χ4n) is 2.14. The predicted molar refractivity (Wildman–Crippen MR) is 82.8 cm³/mol. The van der Waals surface area contributed by atoms with Crippen LogP contribution < -0.4 is 5.32 Å². The van der Waals surface area contributed by atoms with E-state index < -0.39 is 0 Å². The summed E-state index contributed by atoms with van der Waals surface area (Å²) < 4.78 is 5.15. The maximum atomic E-state index is 12.0. The molecule has 0 bridgehead atoms. The number of aryl methyl sites for hydroxylation is 1. The van der Waals surface area contributed by atoms with Crippen LogP contribution in [0.5, 0.6) is 0 Å². The quantitative estimate of drug-likeness (QED) is 0.890. The van der Waals surface area contributed by atoms with Gasteiger partial charge in [-0.25, -0.2) is 0 Å². The summed E-state index contributed by atoms with van der Waals surface area (Å²) in [5.74, 6) is 0.343. The minimum atomic E-state index is -0.209. The summed E-state index contributed by atoms with van der Waals surface area (Å²) in [5.41, 5.74) is 2.14. The van der Waals surface area contributed by atoms with Gasteiger partial charge in [0.05, 0.1) is 19.4 Å². The van der Waals surface area contributed by atoms with Gasteiger partial charge in [-0.15, -0.1) is 0 Å². The lowest BCUT2D eigenvalue weighted by atomic mass is 10.1. The van der Waals surface area contributed by atoms with Gasteiger partial charge < -0.3 is 14.6 Å². The summed E-state index contributed by atoms with van der Waals surface area (Å²) in [6, 6.07) is 11.5. The Morgan fingerprint density at radius 2 is 2.05 bits per heavy atom. The Bertz CT molecular complexity index is 635. The first-order valence-electron chi connectivity index (χ1n) is 7.15. The van der Waals surface area contributed by atoms with Gasteiger partial charge in [0.2, 0.25) is 11.8 Å². The monoisotopic (exact) mass is 300 g/mol. The molecule has 5 heteroatoms. The van der Waals surface area contributed by atoms with Crippen molar-refractivity contribution in [1.82, 2.24) is 10.2 Å². The molecule has 0 aliphatic rings. The van der Waals surface area contributed by atoms with Gasteiger partial charge in [0, 0.05) is 13.5 Å². The third kappa shape index (κ3) is 4.77. The van der Waals surface area contributed by atoms with E-state index in [1.165, 1.54) is 11.8 Å². The molecule has 1 N–H and O–H groups in total. The second-order valence-corrected chi connectivity index (χ2v) is 5.22. The van der Waals surface area contributed by atoms with Crippen molar-refractivity contribution in [2.45, 2.75) is 26.9 Å². The normalized spacial score (nSPS) is 10.3. The van der Waals surface area contributed by atoms with Crippen LogP contribution in [0.15, 0.2) is 47.1 Å². The maximum absolute atomic E-state index is 12.0. The second-order valence-electron chi connectivity index (χ2n) is 5.22. The summed E-state index contributed by atoms with van der Waals surface area (Å²) in [6.45, 7) is 4.24. The molecule has 1 heterocycles. The second kappa shape index (κ2) is 7.45. The van der Waals surface area contributed by atoms with Crippen LogP contribution in [0.4, 0.5) is 0 Å². The minimum Gasteiger partial charge on any atom is -0.467 e. The fourth-order valence-corrected chi connectivity index (χ4v) is 2.14. The van der Waals surface area contributed by atoms with E-state index in [0.29, 0.717) is 18.8 Å². The average Bonchev–Trinajstić information content (AvgIpc) is 2.97. The summed E-state index contributed by atoms with van der Waals surface area (Å²) in [7, 11) is 0. The van der Waals surface area contributed by atoms with Crippen LogP contribution in [0.25, 0.3) is 0 Å². The van der Waals surface area contributed by atoms with Gasteiger partial charge in [0.25, 0.3) is 0 Å². The van der Waals surface area contributed by atoms with Crippen molar-refractivity contribution in [2.75, 3.05) is 6.54 Å². The number of amides is 2. The zero-order chi connectivity index (χ0) is 15.9. The van der Waals surface area contributed by atoms with Gasteiger partial charge >= 0.3 is 0 Å². The van der Waals surface area contributed by atoms with Crippen molar-refractivity contribution in [2.24, 2.45) is 0 Å². The molecule has 0 aliphatic carbocycles. The number of benzene rings is 1. The zero-order valence-corrected chi connectivity index (χ0v) is 12.8. The predicted octanol–water partition coefficient (Wildman–Crippen LogP) is 2.25. The third-order valence-electron chi connectivity index (χ3n) is 3.28. The van der Waals surface area contributed by atoms with Crippen molar-refractivity contribution >= 4 is 11.8 Å². The van der Waals surface area contributed by atoms with Crippen LogP contribution >= 0.6 is 0 Å². The van der Waals surface area contributed by atoms with Crippen molar-refractivity contribution in [1.29, 1.82) is 0 Å². The van der Waals surface area contributed by atoms with E-state index in [2.05, 4.69) is 5.32 Å². The van der Waals surface area contributed by atoms with E-state index in [-0.39, 0.29) is 18.4 Å². The molecule has 0 aliphatic heterocycles. The van der Waals surface area contributed by atoms with E-state index in [1.807, 2.05) is 31.2 Å². The highest BCUT2D eigenvalue weighted by Crippen LogP contribution is 2.08. The molecule has 2 aromatic rings. The lowest BCUT2D eigenvalue weighted by Gasteiger charge is -2.20. The van der Waals surface area contributed by atoms with Gasteiger partial charge in [-0.1, -0.05) is 29.8 Å². The van der Waals surface area contributed by atoms with Crippen molar-refractivity contribution in [3.05, 3.63) is 59.5 Å². The van der Waals surface area contributed by atoms with Crippen LogP contribution in [0.2, 0.25) is 0 Å². The Morgan fingerprint density at radius 3 is 2.68 bits per heavy atom. The summed E-state index contributed by atoms with van der Waals surface area (Å²) >= 11 is 0. The van der Waals surface area contributed by atoms with E-state index in [9.17, 15) is 9.59 Å². The van der Waals surface area contributed by atoms with E-state index >= 15 is 0 Å². The van der Waals surface area contributed by atoms with Crippen LogP contribution in [-0.4, -0.2) is 23.3 Å². The van der Waals surface area contributed by atoms with Crippen LogP contribution in [0, 0.1) is 6.92 Å². The summed E-state index contributed by atoms with van der Waals surface area (Å²) in [5, 5.41) is 2.74. The molecule has 2 amide bonds. The number of rotatable bonds is 6. The highest BCUT2D eigenvalue weighted by molar-refractivity contribution is 5.83. The smallest absolute Gasteiger partial charge is 0.240 e. The van der Waals surface area contributed by atoms with Crippen LogP contribution in [0.1, 0.15) is 23.8 Å². The van der Waals surface area contributed by atoms with Crippen LogP contribution in [-0.2, 0) is 22.7 Å². The van der Waals surface area contributed by atoms with E-state index in [4.69, 9.17) is 4.42 Å². The zero-order valence-electron chi connectivity index (χ0n) is 12.8. The lowest BCUT2D eigenvalue weighted by Crippen LogP contribution is -2.39. The lowest BCUT2D eigenvalue weighted by molar-refractivity contribution is -0.135. The molecule has 22 heavy (non-hydrogen) atoms. The van der Waals surface area contributed by atoms with Gasteiger partial charge in [-0.2, -0.15) is 0 Å². The van der Waals surface area contributed by atoms with Crippen molar-refractivity contribution in [3.8, 4) is 0 Å². The molecule has 0 fully saturated rings. The molecule has 0 atom stereocenters. The summed E-state index contributed by atoms with van der Waals surface area (Å²) in [6.07, 6.45) is 1.56. The number of nitrogens with zero attached hydrogens (tertiary/aromatic N) is 1. The number of hydrogen-bond donors (Lipinski definition) is 1. The SMILES string of the molecule is CC(=O)N(CC(=O)NCc1ccco1)Cc1cccc(C)c1. The number of furan rings is 1. The van der Waals surface area contributed by atoms with Crippen molar-refractivity contribution < 1.29 is 14.0 Å². The third-order valence-corrected chi connectivity index (χ3v) is 3.28. The van der Waals surface area contributed by atoms with Gasteiger partial charge in [0.1, 0.15) is 5.76 Å². The standard InChI is InChI=1S/C17H20N2O3/c1-13-5-3-6-15(9-13)11-19(14(2)20)12-17(21)18-10-16-7-4-8-22-16/h3-9H,10-12H2,1-2H3,(H,18,21). The molecule has 1 aromatic heterocycles. The van der Waals surface area contributed by atoms with E-state index in [1.54, 1.807) is 18.4 Å². The molecule has 0 unspecified atom stereocenters. The first-order valence-corrected chi connectivity index (χ1v) is 7.15. The highest BCUT2D eigenvalue weighted by Gasteiger charge is 2.14. The molecule has 116 valence electrons. The first kappa shape index (κ1) is 15.8. The molecule has 1 aromatic carbocycles. The number of hydrogen-bond acceptors (Lipinski definition) is 3. The minimum absolute atomic E-state index is 0.0317. The largest absolute Gasteiger partial charge is 0.467 e. The Hall–Kier alpha value is -2.56. The number of nitrogens with one attached hydrogen (secondary N) is 1. The van der Waals surface area contributed by atoms with E-state index in [0.717, 1.165) is 11.1 Å². The van der Waals surface area contributed by atoms with Crippen LogP contribution in [0.3, 0.4) is 0 Å². The molecule has 5 nitrogen and oxygen atoms in total. The number of carbonyl (C=O) groups is 2. The Morgan fingerprint density at radius 1 is 1.23 bits per heavy atom. The Labute approximate surface area is 129 Å². The number of carbonyl (C=O) groups excluding carboxylic acids is 2. The highest BCUT2D eigenvalue weighted by atomic mass is 16.3. The molecule has 0 saturated carbocycles. The molecular weight excluding hydrogens is 280 g/mol. The van der Waals surface area contributed by atoms with Gasteiger partial charge in [-0.05, 0) is 24.6 Å². The Balaban J connectivity index is 1.90. The molecule has 2 rings (SSSR count). The molecular formula is C17H20N2O3. The molecule has 0 saturated heterocycles. The van der Waals surface area contributed by atoms with Crippen molar-refractivity contribution in [3.63, 3.8) is 0 Å². The summed E-state index contributed by atoms with van der Waals surface area (Å²) in [4.78, 5) is 25.2. The fraction of sp³-hybridized carbons (Fsp3) is 0.294. The van der Waals surface area contributed by atoms with Gasteiger partial charge in [-0.3, -0.25) is 9.59 Å². The van der Waals surface area contributed by atoms with Gasteiger partial charge in [0.15, 0.2) is 0 Å². The topological polar surface area (TPSA) is 62.6 Å². The molecule has 0 radical (unpaired) electrons. The first-order chi connectivity index (χ1) is 10.5.